The van der Waals surface area contributed by atoms with E-state index in [1.54, 1.807) is 20.8 Å². The molecule has 0 bridgehead atoms. The van der Waals surface area contributed by atoms with E-state index in [0.717, 1.165) is 0 Å². The fourth-order valence-electron chi connectivity index (χ4n) is 1.18. The zero-order valence-electron chi connectivity index (χ0n) is 8.50. The fourth-order valence-corrected chi connectivity index (χ4v) is 1.18. The van der Waals surface area contributed by atoms with E-state index in [4.69, 9.17) is 15.3 Å². The number of carbonyl (C=O) groups excluding carboxylic acids is 1. The van der Waals surface area contributed by atoms with Crippen molar-refractivity contribution in [2.75, 3.05) is 0 Å². The Kier molecular flexibility index (Phi) is 2.25. The maximum Gasteiger partial charge on any atom is 0.328 e. The van der Waals surface area contributed by atoms with E-state index in [0.29, 0.717) is 6.42 Å². The highest BCUT2D eigenvalue weighted by molar-refractivity contribution is 5.85. The molecule has 4 nitrogen and oxygen atoms in total. The maximum atomic E-state index is 11.5. The zero-order chi connectivity index (χ0) is 11.0. The Morgan fingerprint density at radius 1 is 1.50 bits per heavy atom. The van der Waals surface area contributed by atoms with Crippen LogP contribution in [-0.4, -0.2) is 11.6 Å². The maximum absolute atomic E-state index is 11.5. The number of esters is 1. The van der Waals surface area contributed by atoms with Gasteiger partial charge < -0.3 is 4.74 Å². The number of hydrogen-bond acceptors (Lipinski definition) is 4. The van der Waals surface area contributed by atoms with Gasteiger partial charge in [-0.05, 0) is 27.2 Å². The summed E-state index contributed by atoms with van der Waals surface area (Å²) < 4.78 is 5.08. The van der Waals surface area contributed by atoms with Crippen LogP contribution in [-0.2, 0) is 9.53 Å². The summed E-state index contributed by atoms with van der Waals surface area (Å²) in [5.41, 5.74) is -1.80. The Bertz CT molecular complexity index is 343. The Morgan fingerprint density at radius 2 is 2.07 bits per heavy atom. The second-order valence-electron chi connectivity index (χ2n) is 4.47. The van der Waals surface area contributed by atoms with E-state index >= 15 is 0 Å². The number of hydrogen-bond donors (Lipinski definition) is 0. The Balaban J connectivity index is 2.73. The molecule has 0 saturated heterocycles. The number of ether oxygens (including phenoxy) is 1. The first kappa shape index (κ1) is 10.5. The minimum atomic E-state index is -1.19. The van der Waals surface area contributed by atoms with E-state index < -0.39 is 22.9 Å². The van der Waals surface area contributed by atoms with Crippen molar-refractivity contribution in [3.8, 4) is 12.1 Å². The van der Waals surface area contributed by atoms with Gasteiger partial charge in [-0.1, -0.05) is 0 Å². The fraction of sp³-hybridized carbons (Fsp3) is 0.700. The van der Waals surface area contributed by atoms with E-state index in [-0.39, 0.29) is 0 Å². The molecule has 0 aromatic rings. The van der Waals surface area contributed by atoms with Crippen LogP contribution in [0.1, 0.15) is 27.2 Å². The first-order chi connectivity index (χ1) is 6.35. The van der Waals surface area contributed by atoms with Crippen molar-refractivity contribution in [3.63, 3.8) is 0 Å². The molecule has 0 radical (unpaired) electrons. The van der Waals surface area contributed by atoms with Gasteiger partial charge in [0.1, 0.15) is 5.60 Å². The third-order valence-electron chi connectivity index (χ3n) is 2.08. The summed E-state index contributed by atoms with van der Waals surface area (Å²) in [6.45, 7) is 5.21. The highest BCUT2D eigenvalue weighted by Gasteiger charge is 2.63. The molecule has 0 N–H and O–H groups in total. The first-order valence-corrected chi connectivity index (χ1v) is 4.40. The normalized spacial score (nSPS) is 29.9. The third-order valence-corrected chi connectivity index (χ3v) is 2.08. The van der Waals surface area contributed by atoms with Crippen LogP contribution in [0, 0.1) is 34.0 Å². The van der Waals surface area contributed by atoms with Crippen LogP contribution in [0.2, 0.25) is 0 Å². The topological polar surface area (TPSA) is 73.9 Å². The number of rotatable bonds is 1. The molecule has 1 aliphatic rings. The molecule has 14 heavy (non-hydrogen) atoms. The molecule has 0 aliphatic heterocycles. The van der Waals surface area contributed by atoms with Gasteiger partial charge in [0.15, 0.2) is 5.41 Å². The smallest absolute Gasteiger partial charge is 0.328 e. The molecule has 1 aliphatic carbocycles. The van der Waals surface area contributed by atoms with Gasteiger partial charge in [-0.15, -0.1) is 0 Å². The summed E-state index contributed by atoms with van der Waals surface area (Å²) in [5, 5.41) is 17.4. The molecule has 1 saturated carbocycles. The molecular formula is C10H12N2O2. The molecule has 0 spiro atoms. The summed E-state index contributed by atoms with van der Waals surface area (Å²) in [4.78, 5) is 11.5. The van der Waals surface area contributed by atoms with E-state index in [2.05, 4.69) is 0 Å². The lowest BCUT2D eigenvalue weighted by molar-refractivity contribution is -0.159. The first-order valence-electron chi connectivity index (χ1n) is 4.40. The molecule has 0 heterocycles. The van der Waals surface area contributed by atoms with Crippen LogP contribution >= 0.6 is 0 Å². The molecule has 2 atom stereocenters. The quantitative estimate of drug-likeness (QED) is 0.588. The minimum Gasteiger partial charge on any atom is -0.459 e. The summed E-state index contributed by atoms with van der Waals surface area (Å²) >= 11 is 0. The predicted molar refractivity (Wildman–Crippen MR) is 47.6 cm³/mol. The Hall–Kier alpha value is -1.55. The lowest BCUT2D eigenvalue weighted by Gasteiger charge is -2.21. The molecule has 4 heteroatoms. The van der Waals surface area contributed by atoms with Crippen LogP contribution in [0.4, 0.5) is 0 Å². The van der Waals surface area contributed by atoms with Gasteiger partial charge >= 0.3 is 5.97 Å². The third kappa shape index (κ3) is 1.70. The van der Waals surface area contributed by atoms with Crippen molar-refractivity contribution >= 4 is 5.97 Å². The number of nitriles is 2. The average molecular weight is 192 g/mol. The summed E-state index contributed by atoms with van der Waals surface area (Å²) in [7, 11) is 0. The van der Waals surface area contributed by atoms with Crippen LogP contribution in [0.25, 0.3) is 0 Å². The number of nitrogens with zero attached hydrogens (tertiary/aromatic N) is 2. The molecule has 1 fully saturated rings. The highest BCUT2D eigenvalue weighted by Crippen LogP contribution is 2.52. The van der Waals surface area contributed by atoms with E-state index in [9.17, 15) is 4.79 Å². The molecular weight excluding hydrogens is 180 g/mol. The van der Waals surface area contributed by atoms with Crippen molar-refractivity contribution < 1.29 is 9.53 Å². The second-order valence-corrected chi connectivity index (χ2v) is 4.47. The van der Waals surface area contributed by atoms with Crippen molar-refractivity contribution in [1.82, 2.24) is 0 Å². The van der Waals surface area contributed by atoms with Crippen LogP contribution in [0.3, 0.4) is 0 Å². The van der Waals surface area contributed by atoms with E-state index in [1.807, 2.05) is 12.1 Å². The standard InChI is InChI=1S/C10H12N2O2/c1-9(2,3)14-8(13)10(6-12)4-7(10)5-11/h7H,4H2,1-3H3/t7-,10+/m1/s1. The summed E-state index contributed by atoms with van der Waals surface area (Å²) in [6, 6.07) is 3.80. The monoisotopic (exact) mass is 192 g/mol. The van der Waals surface area contributed by atoms with Gasteiger partial charge in [0.25, 0.3) is 0 Å². The zero-order valence-corrected chi connectivity index (χ0v) is 8.50. The molecule has 74 valence electrons. The Morgan fingerprint density at radius 3 is 2.36 bits per heavy atom. The van der Waals surface area contributed by atoms with Crippen molar-refractivity contribution in [1.29, 1.82) is 10.5 Å². The highest BCUT2D eigenvalue weighted by atomic mass is 16.6. The molecule has 0 unspecified atom stereocenters. The molecule has 0 amide bonds. The van der Waals surface area contributed by atoms with Crippen LogP contribution in [0.5, 0.6) is 0 Å². The number of carbonyl (C=O) groups is 1. The summed E-state index contributed by atoms with van der Waals surface area (Å²) in [6.07, 6.45) is 0.301. The van der Waals surface area contributed by atoms with Gasteiger partial charge in [0.05, 0.1) is 18.1 Å². The minimum absolute atomic E-state index is 0.301. The second kappa shape index (κ2) is 2.99. The van der Waals surface area contributed by atoms with Crippen molar-refractivity contribution in [2.45, 2.75) is 32.8 Å². The molecule has 0 aromatic heterocycles. The largest absolute Gasteiger partial charge is 0.459 e. The van der Waals surface area contributed by atoms with Crippen LogP contribution < -0.4 is 0 Å². The van der Waals surface area contributed by atoms with E-state index in [1.165, 1.54) is 0 Å². The van der Waals surface area contributed by atoms with Crippen molar-refractivity contribution in [3.05, 3.63) is 0 Å². The van der Waals surface area contributed by atoms with Crippen LogP contribution in [0.15, 0.2) is 0 Å². The predicted octanol–water partition coefficient (Wildman–Crippen LogP) is 1.38. The summed E-state index contributed by atoms with van der Waals surface area (Å²) in [5.74, 6) is -1.07. The van der Waals surface area contributed by atoms with Gasteiger partial charge in [-0.25, -0.2) is 0 Å². The average Bonchev–Trinajstić information content (AvgIpc) is 2.76. The van der Waals surface area contributed by atoms with Crippen molar-refractivity contribution in [2.24, 2.45) is 11.3 Å². The van der Waals surface area contributed by atoms with Gasteiger partial charge in [-0.3, -0.25) is 4.79 Å². The lowest BCUT2D eigenvalue weighted by atomic mass is 10.1. The molecule has 0 aromatic carbocycles. The molecule has 1 rings (SSSR count). The van der Waals surface area contributed by atoms with Gasteiger partial charge in [0.2, 0.25) is 0 Å². The SMILES string of the molecule is CC(C)(C)OC(=O)[C@]1(C#N)C[C@@H]1C#N. The lowest BCUT2D eigenvalue weighted by Crippen LogP contribution is -2.30. The van der Waals surface area contributed by atoms with Gasteiger partial charge in [0, 0.05) is 0 Å². The Labute approximate surface area is 83.1 Å². The van der Waals surface area contributed by atoms with Gasteiger partial charge in [-0.2, -0.15) is 10.5 Å².